The zero-order valence-corrected chi connectivity index (χ0v) is 14.5. The first-order chi connectivity index (χ1) is 8.74. The lowest BCUT2D eigenvalue weighted by atomic mass is 10.1. The van der Waals surface area contributed by atoms with Crippen molar-refractivity contribution in [3.05, 3.63) is 22.4 Å². The average molecular weight is 394 g/mol. The SMILES string of the molecule is CN1CCC(CN=C(N)NCCc2cccs2)C1.I. The third kappa shape index (κ3) is 6.09. The second-order valence-corrected chi connectivity index (χ2v) is 5.93. The van der Waals surface area contributed by atoms with Crippen molar-refractivity contribution >= 4 is 41.3 Å². The number of aliphatic imine (C=N–C) groups is 1. The molecule has 0 aromatic carbocycles. The number of nitrogens with zero attached hydrogens (tertiary/aromatic N) is 2. The van der Waals surface area contributed by atoms with Crippen LogP contribution in [0.4, 0.5) is 0 Å². The number of hydrogen-bond donors (Lipinski definition) is 2. The predicted octanol–water partition coefficient (Wildman–Crippen LogP) is 1.76. The maximum absolute atomic E-state index is 5.85. The molecule has 1 aliphatic rings. The van der Waals surface area contributed by atoms with Gasteiger partial charge in [0, 0.05) is 24.5 Å². The second-order valence-electron chi connectivity index (χ2n) is 4.90. The first-order valence-electron chi connectivity index (χ1n) is 6.49. The van der Waals surface area contributed by atoms with E-state index in [9.17, 15) is 0 Å². The summed E-state index contributed by atoms with van der Waals surface area (Å²) in [6.45, 7) is 4.04. The van der Waals surface area contributed by atoms with Crippen LogP contribution in [0.2, 0.25) is 0 Å². The summed E-state index contributed by atoms with van der Waals surface area (Å²) in [5.41, 5.74) is 5.85. The minimum atomic E-state index is 0. The number of rotatable bonds is 5. The van der Waals surface area contributed by atoms with Crippen LogP contribution >= 0.6 is 35.3 Å². The van der Waals surface area contributed by atoms with E-state index in [1.165, 1.54) is 17.8 Å². The van der Waals surface area contributed by atoms with Crippen LogP contribution in [-0.4, -0.2) is 44.1 Å². The Bertz CT molecular complexity index is 380. The predicted molar refractivity (Wildman–Crippen MR) is 93.5 cm³/mol. The van der Waals surface area contributed by atoms with Crippen molar-refractivity contribution in [1.29, 1.82) is 0 Å². The van der Waals surface area contributed by atoms with Gasteiger partial charge < -0.3 is 16.0 Å². The topological polar surface area (TPSA) is 53.6 Å². The molecule has 2 rings (SSSR count). The van der Waals surface area contributed by atoms with E-state index >= 15 is 0 Å². The summed E-state index contributed by atoms with van der Waals surface area (Å²) in [4.78, 5) is 8.15. The monoisotopic (exact) mass is 394 g/mol. The number of nitrogens with two attached hydrogens (primary N) is 1. The van der Waals surface area contributed by atoms with Gasteiger partial charge in [0.1, 0.15) is 0 Å². The smallest absolute Gasteiger partial charge is 0.188 e. The maximum Gasteiger partial charge on any atom is 0.188 e. The molecule has 3 N–H and O–H groups in total. The van der Waals surface area contributed by atoms with Crippen molar-refractivity contribution in [3.8, 4) is 0 Å². The fourth-order valence-electron chi connectivity index (χ4n) is 2.23. The van der Waals surface area contributed by atoms with Crippen molar-refractivity contribution in [2.24, 2.45) is 16.6 Å². The van der Waals surface area contributed by atoms with E-state index in [0.29, 0.717) is 11.9 Å². The van der Waals surface area contributed by atoms with Crippen molar-refractivity contribution < 1.29 is 0 Å². The summed E-state index contributed by atoms with van der Waals surface area (Å²) in [6, 6.07) is 4.22. The van der Waals surface area contributed by atoms with Crippen LogP contribution < -0.4 is 11.1 Å². The van der Waals surface area contributed by atoms with E-state index in [-0.39, 0.29) is 24.0 Å². The molecule has 19 heavy (non-hydrogen) atoms. The van der Waals surface area contributed by atoms with Crippen LogP contribution in [0, 0.1) is 5.92 Å². The largest absolute Gasteiger partial charge is 0.370 e. The summed E-state index contributed by atoms with van der Waals surface area (Å²) in [5.74, 6) is 1.26. The molecular weight excluding hydrogens is 371 g/mol. The third-order valence-electron chi connectivity index (χ3n) is 3.27. The standard InChI is InChI=1S/C13H22N4S.HI/c1-17-7-5-11(10-17)9-16-13(14)15-6-4-12-3-2-8-18-12;/h2-3,8,11H,4-7,9-10H2,1H3,(H3,14,15,16);1H. The fraction of sp³-hybridized carbons (Fsp3) is 0.615. The van der Waals surface area contributed by atoms with E-state index < -0.39 is 0 Å². The number of hydrogen-bond acceptors (Lipinski definition) is 3. The Balaban J connectivity index is 0.00000180. The molecule has 0 radical (unpaired) electrons. The van der Waals surface area contributed by atoms with Crippen molar-refractivity contribution in [2.45, 2.75) is 12.8 Å². The molecule has 6 heteroatoms. The van der Waals surface area contributed by atoms with Gasteiger partial charge in [0.2, 0.25) is 0 Å². The molecule has 1 unspecified atom stereocenters. The Morgan fingerprint density at radius 3 is 3.11 bits per heavy atom. The van der Waals surface area contributed by atoms with Crippen LogP contribution in [-0.2, 0) is 6.42 Å². The zero-order chi connectivity index (χ0) is 12.8. The number of halogens is 1. The normalized spacial score (nSPS) is 20.3. The van der Waals surface area contributed by atoms with E-state index in [0.717, 1.165) is 26.1 Å². The molecule has 2 heterocycles. The van der Waals surface area contributed by atoms with Crippen LogP contribution in [0.15, 0.2) is 22.5 Å². The molecule has 0 saturated carbocycles. The van der Waals surface area contributed by atoms with Gasteiger partial charge in [-0.15, -0.1) is 35.3 Å². The van der Waals surface area contributed by atoms with Crippen molar-refractivity contribution in [3.63, 3.8) is 0 Å². The molecule has 1 atom stereocenters. The average Bonchev–Trinajstić information content (AvgIpc) is 2.98. The molecule has 0 bridgehead atoms. The lowest BCUT2D eigenvalue weighted by molar-refractivity contribution is 0.397. The highest BCUT2D eigenvalue weighted by Crippen LogP contribution is 2.14. The Morgan fingerprint density at radius 2 is 2.47 bits per heavy atom. The molecule has 1 aromatic heterocycles. The number of guanidine groups is 1. The summed E-state index contributed by atoms with van der Waals surface area (Å²) < 4.78 is 0. The molecule has 1 aliphatic heterocycles. The van der Waals surface area contributed by atoms with Crippen LogP contribution in [0.3, 0.4) is 0 Å². The lowest BCUT2D eigenvalue weighted by Crippen LogP contribution is -2.33. The fourth-order valence-corrected chi connectivity index (χ4v) is 2.94. The highest BCUT2D eigenvalue weighted by molar-refractivity contribution is 14.0. The summed E-state index contributed by atoms with van der Waals surface area (Å²) in [5, 5.41) is 5.28. The summed E-state index contributed by atoms with van der Waals surface area (Å²) >= 11 is 1.78. The molecule has 1 fully saturated rings. The molecular formula is C13H23IN4S. The Labute approximate surface area is 136 Å². The summed E-state index contributed by atoms with van der Waals surface area (Å²) in [7, 11) is 2.16. The van der Waals surface area contributed by atoms with Gasteiger partial charge in [0.15, 0.2) is 5.96 Å². The van der Waals surface area contributed by atoms with E-state index in [1.54, 1.807) is 11.3 Å². The highest BCUT2D eigenvalue weighted by atomic mass is 127. The van der Waals surface area contributed by atoms with Gasteiger partial charge >= 0.3 is 0 Å². The maximum atomic E-state index is 5.85. The van der Waals surface area contributed by atoms with E-state index in [4.69, 9.17) is 5.73 Å². The Kier molecular flexibility index (Phi) is 7.70. The number of nitrogens with one attached hydrogen (secondary N) is 1. The van der Waals surface area contributed by atoms with Crippen molar-refractivity contribution in [1.82, 2.24) is 10.2 Å². The van der Waals surface area contributed by atoms with Gasteiger partial charge in [-0.3, -0.25) is 4.99 Å². The highest BCUT2D eigenvalue weighted by Gasteiger charge is 2.18. The van der Waals surface area contributed by atoms with Gasteiger partial charge in [-0.05, 0) is 43.8 Å². The van der Waals surface area contributed by atoms with E-state index in [2.05, 4.69) is 39.8 Å². The summed E-state index contributed by atoms with van der Waals surface area (Å²) in [6.07, 6.45) is 2.25. The van der Waals surface area contributed by atoms with E-state index in [1.807, 2.05) is 0 Å². The molecule has 1 aromatic rings. The first-order valence-corrected chi connectivity index (χ1v) is 7.36. The molecule has 0 aliphatic carbocycles. The minimum absolute atomic E-state index is 0. The molecule has 0 amide bonds. The van der Waals surface area contributed by atoms with Crippen LogP contribution in [0.1, 0.15) is 11.3 Å². The molecule has 108 valence electrons. The first kappa shape index (κ1) is 16.7. The van der Waals surface area contributed by atoms with Gasteiger partial charge in [-0.1, -0.05) is 6.07 Å². The van der Waals surface area contributed by atoms with Crippen molar-refractivity contribution in [2.75, 3.05) is 33.2 Å². The lowest BCUT2D eigenvalue weighted by Gasteiger charge is -2.09. The second kappa shape index (κ2) is 8.76. The van der Waals surface area contributed by atoms with Gasteiger partial charge in [0.25, 0.3) is 0 Å². The zero-order valence-electron chi connectivity index (χ0n) is 11.3. The van der Waals surface area contributed by atoms with Crippen LogP contribution in [0.25, 0.3) is 0 Å². The number of likely N-dealkylation sites (tertiary alicyclic amines) is 1. The van der Waals surface area contributed by atoms with Gasteiger partial charge in [-0.2, -0.15) is 0 Å². The Hall–Kier alpha value is -0.340. The Morgan fingerprint density at radius 1 is 1.63 bits per heavy atom. The number of thiophene rings is 1. The molecule has 0 spiro atoms. The third-order valence-corrected chi connectivity index (χ3v) is 4.20. The van der Waals surface area contributed by atoms with Gasteiger partial charge in [0.05, 0.1) is 0 Å². The minimum Gasteiger partial charge on any atom is -0.370 e. The quantitative estimate of drug-likeness (QED) is 0.455. The molecule has 4 nitrogen and oxygen atoms in total. The molecule has 1 saturated heterocycles. The van der Waals surface area contributed by atoms with Gasteiger partial charge in [-0.25, -0.2) is 0 Å². The van der Waals surface area contributed by atoms with Crippen LogP contribution in [0.5, 0.6) is 0 Å².